The van der Waals surface area contributed by atoms with Crippen molar-refractivity contribution in [2.75, 3.05) is 31.1 Å². The van der Waals surface area contributed by atoms with Crippen LogP contribution in [-0.4, -0.2) is 52.8 Å². The topological polar surface area (TPSA) is 73.2 Å². The number of aliphatic hydroxyl groups is 2. The number of rotatable bonds is 4. The first-order chi connectivity index (χ1) is 15.4. The van der Waals surface area contributed by atoms with Crippen molar-refractivity contribution in [3.8, 4) is 5.75 Å². The average Bonchev–Trinajstić information content (AvgIpc) is 3.22. The van der Waals surface area contributed by atoms with Crippen LogP contribution < -0.4 is 9.64 Å². The van der Waals surface area contributed by atoms with Gasteiger partial charge in [-0.1, -0.05) is 23.8 Å². The second kappa shape index (κ2) is 8.50. The molecule has 0 aromatic heterocycles. The van der Waals surface area contributed by atoms with Crippen LogP contribution in [0.15, 0.2) is 42.5 Å². The SMILES string of the molecule is Cc1ccc2c(c1)[C@@H](O)CC1(CCN(C[C@H](O)c3ccc(N4CCCC4=O)cc3)CC1)O2. The highest BCUT2D eigenvalue weighted by Gasteiger charge is 2.43. The summed E-state index contributed by atoms with van der Waals surface area (Å²) < 4.78 is 6.41. The summed E-state index contributed by atoms with van der Waals surface area (Å²) in [6.45, 7) is 5.02. The fraction of sp³-hybridized carbons (Fsp3) is 0.500. The van der Waals surface area contributed by atoms with Gasteiger partial charge in [0.05, 0.1) is 12.2 Å². The first-order valence-electron chi connectivity index (χ1n) is 11.7. The molecule has 2 fully saturated rings. The van der Waals surface area contributed by atoms with Gasteiger partial charge in [0.25, 0.3) is 0 Å². The van der Waals surface area contributed by atoms with Crippen LogP contribution in [0.2, 0.25) is 0 Å². The molecular weight excluding hydrogens is 404 g/mol. The fourth-order valence-electron chi connectivity index (χ4n) is 5.36. The largest absolute Gasteiger partial charge is 0.487 e. The van der Waals surface area contributed by atoms with E-state index in [1.807, 2.05) is 54.3 Å². The summed E-state index contributed by atoms with van der Waals surface area (Å²) in [6.07, 6.45) is 2.75. The second-order valence-corrected chi connectivity index (χ2v) is 9.60. The molecule has 170 valence electrons. The smallest absolute Gasteiger partial charge is 0.227 e. The number of amides is 1. The first kappa shape index (κ1) is 21.4. The van der Waals surface area contributed by atoms with Crippen LogP contribution in [0, 0.1) is 6.92 Å². The Morgan fingerprint density at radius 3 is 2.56 bits per heavy atom. The molecule has 5 rings (SSSR count). The molecule has 1 amide bonds. The van der Waals surface area contributed by atoms with Gasteiger partial charge in [0.15, 0.2) is 0 Å². The number of piperidine rings is 1. The molecule has 0 radical (unpaired) electrons. The summed E-state index contributed by atoms with van der Waals surface area (Å²) in [5.41, 5.74) is 3.48. The lowest BCUT2D eigenvalue weighted by molar-refractivity contribution is -0.117. The Kier molecular flexibility index (Phi) is 5.70. The summed E-state index contributed by atoms with van der Waals surface area (Å²) >= 11 is 0. The van der Waals surface area contributed by atoms with Gasteiger partial charge in [-0.3, -0.25) is 4.79 Å². The number of hydrogen-bond donors (Lipinski definition) is 2. The molecule has 2 saturated heterocycles. The van der Waals surface area contributed by atoms with Crippen molar-refractivity contribution in [3.63, 3.8) is 0 Å². The van der Waals surface area contributed by atoms with Gasteiger partial charge in [-0.15, -0.1) is 0 Å². The maximum atomic E-state index is 11.9. The van der Waals surface area contributed by atoms with Gasteiger partial charge in [0.1, 0.15) is 11.4 Å². The summed E-state index contributed by atoms with van der Waals surface area (Å²) in [4.78, 5) is 16.0. The zero-order valence-electron chi connectivity index (χ0n) is 18.7. The number of carbonyl (C=O) groups excluding carboxylic acids is 1. The van der Waals surface area contributed by atoms with E-state index in [1.54, 1.807) is 0 Å². The molecule has 0 bridgehead atoms. The third kappa shape index (κ3) is 4.15. The van der Waals surface area contributed by atoms with E-state index in [0.717, 1.165) is 67.0 Å². The van der Waals surface area contributed by atoms with Crippen LogP contribution in [0.3, 0.4) is 0 Å². The number of carbonyl (C=O) groups is 1. The number of aryl methyl sites for hydroxylation is 1. The third-order valence-corrected chi connectivity index (χ3v) is 7.28. The van der Waals surface area contributed by atoms with E-state index in [0.29, 0.717) is 19.4 Å². The van der Waals surface area contributed by atoms with Gasteiger partial charge < -0.3 is 24.7 Å². The Morgan fingerprint density at radius 1 is 1.12 bits per heavy atom. The van der Waals surface area contributed by atoms with Gasteiger partial charge in [-0.25, -0.2) is 0 Å². The molecule has 1 spiro atoms. The van der Waals surface area contributed by atoms with Crippen LogP contribution in [0.1, 0.15) is 61.0 Å². The predicted molar refractivity (Wildman–Crippen MR) is 123 cm³/mol. The maximum Gasteiger partial charge on any atom is 0.227 e. The van der Waals surface area contributed by atoms with Gasteiger partial charge in [-0.2, -0.15) is 0 Å². The summed E-state index contributed by atoms with van der Waals surface area (Å²) in [5, 5.41) is 21.5. The zero-order chi connectivity index (χ0) is 22.3. The quantitative estimate of drug-likeness (QED) is 0.767. The van der Waals surface area contributed by atoms with Crippen molar-refractivity contribution in [2.45, 2.75) is 56.8 Å². The molecule has 6 heteroatoms. The molecule has 0 saturated carbocycles. The number of fused-ring (bicyclic) bond motifs is 1. The number of nitrogens with zero attached hydrogens (tertiary/aromatic N) is 2. The first-order valence-corrected chi connectivity index (χ1v) is 11.7. The molecule has 3 heterocycles. The van der Waals surface area contributed by atoms with Gasteiger partial charge >= 0.3 is 0 Å². The molecule has 32 heavy (non-hydrogen) atoms. The molecule has 0 aliphatic carbocycles. The van der Waals surface area contributed by atoms with E-state index in [-0.39, 0.29) is 11.5 Å². The lowest BCUT2D eigenvalue weighted by Crippen LogP contribution is -2.51. The second-order valence-electron chi connectivity index (χ2n) is 9.60. The van der Waals surface area contributed by atoms with Crippen molar-refractivity contribution < 1.29 is 19.7 Å². The highest BCUT2D eigenvalue weighted by molar-refractivity contribution is 5.95. The van der Waals surface area contributed by atoms with Crippen molar-refractivity contribution in [1.82, 2.24) is 4.90 Å². The van der Waals surface area contributed by atoms with E-state index in [9.17, 15) is 15.0 Å². The molecule has 3 aliphatic heterocycles. The van der Waals surface area contributed by atoms with Crippen molar-refractivity contribution in [2.24, 2.45) is 0 Å². The minimum Gasteiger partial charge on any atom is -0.487 e. The molecule has 2 aromatic carbocycles. The number of anilines is 1. The Balaban J connectivity index is 1.18. The summed E-state index contributed by atoms with van der Waals surface area (Å²) in [6, 6.07) is 13.7. The van der Waals surface area contributed by atoms with Crippen LogP contribution in [0.5, 0.6) is 5.75 Å². The molecule has 3 aliphatic rings. The van der Waals surface area contributed by atoms with Crippen LogP contribution in [-0.2, 0) is 4.79 Å². The molecule has 0 unspecified atom stereocenters. The van der Waals surface area contributed by atoms with E-state index < -0.39 is 12.2 Å². The number of likely N-dealkylation sites (tertiary alicyclic amines) is 1. The molecule has 2 N–H and O–H groups in total. The van der Waals surface area contributed by atoms with Crippen molar-refractivity contribution in [3.05, 3.63) is 59.2 Å². The number of β-amino-alcohol motifs (C(OH)–C–C–N with tert-alkyl or cyclic N) is 1. The number of hydrogen-bond acceptors (Lipinski definition) is 5. The van der Waals surface area contributed by atoms with Crippen LogP contribution >= 0.6 is 0 Å². The Bertz CT molecular complexity index is 982. The average molecular weight is 437 g/mol. The normalized spacial score (nSPS) is 23.8. The minimum atomic E-state index is -0.575. The molecule has 2 aromatic rings. The Hall–Kier alpha value is -2.41. The van der Waals surface area contributed by atoms with E-state index >= 15 is 0 Å². The zero-order valence-corrected chi connectivity index (χ0v) is 18.7. The monoisotopic (exact) mass is 436 g/mol. The molecule has 2 atom stereocenters. The minimum absolute atomic E-state index is 0.174. The number of benzene rings is 2. The molecule has 6 nitrogen and oxygen atoms in total. The van der Waals surface area contributed by atoms with E-state index in [4.69, 9.17) is 4.74 Å². The Morgan fingerprint density at radius 2 is 1.88 bits per heavy atom. The van der Waals surface area contributed by atoms with Crippen LogP contribution in [0.4, 0.5) is 5.69 Å². The summed E-state index contributed by atoms with van der Waals surface area (Å²) in [5.74, 6) is 0.979. The molecular formula is C26H32N2O4. The highest BCUT2D eigenvalue weighted by atomic mass is 16.5. The number of ether oxygens (including phenoxy) is 1. The third-order valence-electron chi connectivity index (χ3n) is 7.28. The van der Waals surface area contributed by atoms with E-state index in [2.05, 4.69) is 4.90 Å². The lowest BCUT2D eigenvalue weighted by atomic mass is 9.81. The maximum absolute atomic E-state index is 11.9. The van der Waals surface area contributed by atoms with Crippen LogP contribution in [0.25, 0.3) is 0 Å². The van der Waals surface area contributed by atoms with Gasteiger partial charge in [0.2, 0.25) is 5.91 Å². The van der Waals surface area contributed by atoms with E-state index in [1.165, 1.54) is 0 Å². The predicted octanol–water partition coefficient (Wildman–Crippen LogP) is 3.51. The Labute approximate surface area is 189 Å². The lowest BCUT2D eigenvalue weighted by Gasteiger charge is -2.46. The highest BCUT2D eigenvalue weighted by Crippen LogP contribution is 2.44. The number of aliphatic hydroxyl groups excluding tert-OH is 2. The van der Waals surface area contributed by atoms with Gasteiger partial charge in [-0.05, 0) is 56.0 Å². The fourth-order valence-corrected chi connectivity index (χ4v) is 5.36. The van der Waals surface area contributed by atoms with Gasteiger partial charge in [0, 0.05) is 50.3 Å². The van der Waals surface area contributed by atoms with Crippen molar-refractivity contribution in [1.29, 1.82) is 0 Å². The standard InChI is InChI=1S/C26H32N2O4/c1-18-4-9-24-21(15-18)22(29)16-26(32-24)10-13-27(14-11-26)17-23(30)19-5-7-20(8-6-19)28-12-2-3-25(28)31/h4-9,15,22-23,29-30H,2-3,10-14,16-17H2,1H3/t22-,23-/m0/s1. The summed E-state index contributed by atoms with van der Waals surface area (Å²) in [7, 11) is 0. The van der Waals surface area contributed by atoms with Crippen molar-refractivity contribution >= 4 is 11.6 Å².